The Balaban J connectivity index is 2.07. The summed E-state index contributed by atoms with van der Waals surface area (Å²) in [6.07, 6.45) is 1.71. The van der Waals surface area contributed by atoms with E-state index in [1.165, 1.54) is 6.07 Å². The minimum atomic E-state index is -0.430. The lowest BCUT2D eigenvalue weighted by molar-refractivity contribution is 0.630. The Labute approximate surface area is 97.7 Å². The molecule has 0 amide bonds. The van der Waals surface area contributed by atoms with Gasteiger partial charge in [-0.05, 0) is 19.1 Å². The number of anilines is 1. The van der Waals surface area contributed by atoms with Crippen LogP contribution in [0.4, 0.5) is 10.1 Å². The number of rotatable bonds is 3. The van der Waals surface area contributed by atoms with Crippen LogP contribution in [-0.4, -0.2) is 9.97 Å². The van der Waals surface area contributed by atoms with Crippen molar-refractivity contribution in [2.24, 2.45) is 0 Å². The maximum atomic E-state index is 13.5. The number of benzene rings is 1. The monoisotopic (exact) mass is 239 g/mol. The fourth-order valence-corrected chi connectivity index (χ4v) is 1.57. The van der Waals surface area contributed by atoms with Gasteiger partial charge in [-0.25, -0.2) is 9.37 Å². The van der Waals surface area contributed by atoms with Crippen molar-refractivity contribution in [1.29, 1.82) is 0 Å². The van der Waals surface area contributed by atoms with E-state index in [1.54, 1.807) is 18.3 Å². The first-order valence-corrected chi connectivity index (χ1v) is 5.23. The van der Waals surface area contributed by atoms with Gasteiger partial charge in [0.15, 0.2) is 5.82 Å². The van der Waals surface area contributed by atoms with Gasteiger partial charge in [0.2, 0.25) is 0 Å². The number of nitrogens with zero attached hydrogens (tertiary/aromatic N) is 1. The van der Waals surface area contributed by atoms with Gasteiger partial charge in [0.1, 0.15) is 5.82 Å². The van der Waals surface area contributed by atoms with Crippen LogP contribution >= 0.6 is 11.6 Å². The Bertz CT molecular complexity index is 496. The molecule has 0 spiro atoms. The van der Waals surface area contributed by atoms with E-state index in [4.69, 9.17) is 11.6 Å². The molecule has 0 atom stereocenters. The zero-order valence-corrected chi connectivity index (χ0v) is 9.48. The van der Waals surface area contributed by atoms with Crippen molar-refractivity contribution in [2.75, 3.05) is 5.32 Å². The molecule has 0 radical (unpaired) electrons. The molecule has 2 N–H and O–H groups in total. The van der Waals surface area contributed by atoms with Crippen LogP contribution < -0.4 is 5.32 Å². The van der Waals surface area contributed by atoms with Crippen LogP contribution in [0, 0.1) is 12.7 Å². The number of aromatic nitrogens is 2. The summed E-state index contributed by atoms with van der Waals surface area (Å²) in [5.74, 6) is 0.406. The van der Waals surface area contributed by atoms with E-state index in [9.17, 15) is 4.39 Å². The van der Waals surface area contributed by atoms with Gasteiger partial charge >= 0.3 is 0 Å². The lowest BCUT2D eigenvalue weighted by Crippen LogP contribution is -2.01. The molecular formula is C11H11ClFN3. The number of imidazole rings is 1. The van der Waals surface area contributed by atoms with E-state index in [-0.39, 0.29) is 5.02 Å². The van der Waals surface area contributed by atoms with Crippen molar-refractivity contribution in [3.8, 4) is 0 Å². The third kappa shape index (κ3) is 2.33. The summed E-state index contributed by atoms with van der Waals surface area (Å²) in [5.41, 5.74) is 1.29. The third-order valence-corrected chi connectivity index (χ3v) is 2.47. The summed E-state index contributed by atoms with van der Waals surface area (Å²) in [5, 5.41) is 3.07. The van der Waals surface area contributed by atoms with Crippen LogP contribution in [0.5, 0.6) is 0 Å². The van der Waals surface area contributed by atoms with Crippen LogP contribution in [0.3, 0.4) is 0 Å². The number of hydrogen-bond donors (Lipinski definition) is 2. The molecule has 0 unspecified atom stereocenters. The molecule has 0 fully saturated rings. The van der Waals surface area contributed by atoms with E-state index in [2.05, 4.69) is 15.3 Å². The van der Waals surface area contributed by atoms with Crippen molar-refractivity contribution in [3.05, 3.63) is 46.8 Å². The number of hydrogen-bond acceptors (Lipinski definition) is 2. The molecule has 0 bridgehead atoms. The second kappa shape index (κ2) is 4.53. The van der Waals surface area contributed by atoms with Crippen molar-refractivity contribution in [3.63, 3.8) is 0 Å². The lowest BCUT2D eigenvalue weighted by Gasteiger charge is -2.06. The van der Waals surface area contributed by atoms with Crippen LogP contribution in [-0.2, 0) is 6.54 Å². The van der Waals surface area contributed by atoms with Gasteiger partial charge in [-0.2, -0.15) is 0 Å². The third-order valence-electron chi connectivity index (χ3n) is 2.18. The number of nitrogens with one attached hydrogen (secondary N) is 2. The molecule has 5 heteroatoms. The molecule has 2 rings (SSSR count). The Morgan fingerprint density at radius 3 is 3.00 bits per heavy atom. The normalized spacial score (nSPS) is 10.4. The van der Waals surface area contributed by atoms with Gasteiger partial charge in [0, 0.05) is 0 Å². The molecule has 1 aromatic heterocycles. The summed E-state index contributed by atoms with van der Waals surface area (Å²) in [6, 6.07) is 4.86. The average molecular weight is 240 g/mol. The first-order chi connectivity index (χ1) is 7.66. The van der Waals surface area contributed by atoms with Gasteiger partial charge in [-0.3, -0.25) is 0 Å². The highest BCUT2D eigenvalue weighted by Crippen LogP contribution is 2.22. The molecule has 16 heavy (non-hydrogen) atoms. The fourth-order valence-electron chi connectivity index (χ4n) is 1.39. The van der Waals surface area contributed by atoms with Crippen molar-refractivity contribution in [2.45, 2.75) is 13.5 Å². The molecule has 1 aromatic carbocycles. The Kier molecular flexibility index (Phi) is 3.10. The van der Waals surface area contributed by atoms with Crippen LogP contribution in [0.2, 0.25) is 5.02 Å². The quantitative estimate of drug-likeness (QED) is 0.864. The molecule has 0 saturated carbocycles. The Morgan fingerprint density at radius 2 is 2.31 bits per heavy atom. The Morgan fingerprint density at radius 1 is 1.50 bits per heavy atom. The SMILES string of the molecule is Cc1ncc(CNc2cccc(Cl)c2F)[nH]1. The van der Waals surface area contributed by atoms with Crippen LogP contribution in [0.1, 0.15) is 11.5 Å². The highest BCUT2D eigenvalue weighted by Gasteiger charge is 2.05. The summed E-state index contributed by atoms with van der Waals surface area (Å²) in [4.78, 5) is 7.10. The topological polar surface area (TPSA) is 40.7 Å². The molecule has 0 aliphatic carbocycles. The maximum Gasteiger partial charge on any atom is 0.164 e. The second-order valence-corrected chi connectivity index (χ2v) is 3.86. The van der Waals surface area contributed by atoms with Gasteiger partial charge in [0.25, 0.3) is 0 Å². The minimum absolute atomic E-state index is 0.116. The van der Waals surface area contributed by atoms with E-state index in [1.807, 2.05) is 6.92 Å². The van der Waals surface area contributed by atoms with Crippen molar-refractivity contribution >= 4 is 17.3 Å². The largest absolute Gasteiger partial charge is 0.377 e. The average Bonchev–Trinajstić information content (AvgIpc) is 2.67. The second-order valence-electron chi connectivity index (χ2n) is 3.45. The van der Waals surface area contributed by atoms with Crippen molar-refractivity contribution < 1.29 is 4.39 Å². The van der Waals surface area contributed by atoms with Gasteiger partial charge < -0.3 is 10.3 Å². The smallest absolute Gasteiger partial charge is 0.164 e. The minimum Gasteiger partial charge on any atom is -0.377 e. The van der Waals surface area contributed by atoms with Gasteiger partial charge in [-0.15, -0.1) is 0 Å². The van der Waals surface area contributed by atoms with Crippen molar-refractivity contribution in [1.82, 2.24) is 9.97 Å². The van der Waals surface area contributed by atoms with Crippen LogP contribution in [0.15, 0.2) is 24.4 Å². The molecule has 3 nitrogen and oxygen atoms in total. The number of aryl methyl sites for hydroxylation is 1. The molecule has 0 aliphatic rings. The molecule has 2 aromatic rings. The van der Waals surface area contributed by atoms with E-state index < -0.39 is 5.82 Å². The van der Waals surface area contributed by atoms with Gasteiger partial charge in [0.05, 0.1) is 29.1 Å². The summed E-state index contributed by atoms with van der Waals surface area (Å²) in [7, 11) is 0. The number of halogens is 2. The van der Waals surface area contributed by atoms with Gasteiger partial charge in [-0.1, -0.05) is 17.7 Å². The maximum absolute atomic E-state index is 13.5. The zero-order valence-electron chi connectivity index (χ0n) is 8.72. The number of H-pyrrole nitrogens is 1. The molecule has 0 aliphatic heterocycles. The van der Waals surface area contributed by atoms with E-state index in [0.29, 0.717) is 12.2 Å². The standard InChI is InChI=1S/C11H11ClFN3/c1-7-14-5-8(16-7)6-15-10-4-2-3-9(12)11(10)13/h2-5,15H,6H2,1H3,(H,14,16). The van der Waals surface area contributed by atoms with E-state index >= 15 is 0 Å². The summed E-state index contributed by atoms with van der Waals surface area (Å²) < 4.78 is 13.5. The van der Waals surface area contributed by atoms with Crippen LogP contribution in [0.25, 0.3) is 0 Å². The molecule has 1 heterocycles. The highest BCUT2D eigenvalue weighted by molar-refractivity contribution is 6.31. The first kappa shape index (κ1) is 11.0. The zero-order chi connectivity index (χ0) is 11.5. The highest BCUT2D eigenvalue weighted by atomic mass is 35.5. The molecule has 84 valence electrons. The predicted octanol–water partition coefficient (Wildman–Crippen LogP) is 3.12. The molecule has 0 saturated heterocycles. The van der Waals surface area contributed by atoms with E-state index in [0.717, 1.165) is 11.5 Å². The number of aromatic amines is 1. The Hall–Kier alpha value is -1.55. The fraction of sp³-hybridized carbons (Fsp3) is 0.182. The molecular weight excluding hydrogens is 229 g/mol. The predicted molar refractivity (Wildman–Crippen MR) is 62.1 cm³/mol. The first-order valence-electron chi connectivity index (χ1n) is 4.85. The lowest BCUT2D eigenvalue weighted by atomic mass is 10.3. The summed E-state index contributed by atoms with van der Waals surface area (Å²) >= 11 is 5.66. The summed E-state index contributed by atoms with van der Waals surface area (Å²) in [6.45, 7) is 2.35.